The molecule has 2 heterocycles. The van der Waals surface area contributed by atoms with Crippen LogP contribution in [0.25, 0.3) is 0 Å². The van der Waals surface area contributed by atoms with Crippen LogP contribution < -0.4 is 5.32 Å². The van der Waals surface area contributed by atoms with Gasteiger partial charge in [0.15, 0.2) is 0 Å². The number of aliphatic imine (C=N–C) groups is 1. The van der Waals surface area contributed by atoms with Crippen LogP contribution in [0.4, 0.5) is 5.69 Å². The van der Waals surface area contributed by atoms with E-state index in [0.717, 1.165) is 22.7 Å². The van der Waals surface area contributed by atoms with Gasteiger partial charge >= 0.3 is 0 Å². The van der Waals surface area contributed by atoms with E-state index >= 15 is 0 Å². The van der Waals surface area contributed by atoms with E-state index in [2.05, 4.69) is 15.3 Å². The van der Waals surface area contributed by atoms with Gasteiger partial charge in [-0.05, 0) is 29.8 Å². The number of fused-ring (bicyclic) bond motifs is 1. The highest BCUT2D eigenvalue weighted by molar-refractivity contribution is 6.35. The molecule has 0 spiro atoms. The number of nitrogens with zero attached hydrogens (tertiary/aromatic N) is 2. The van der Waals surface area contributed by atoms with Gasteiger partial charge in [0.25, 0.3) is 0 Å². The fraction of sp³-hybridized carbons (Fsp3) is 0.188. The Morgan fingerprint density at radius 2 is 2.00 bits per heavy atom. The van der Waals surface area contributed by atoms with Gasteiger partial charge in [-0.3, -0.25) is 9.79 Å². The number of nitrogens with one attached hydrogen (secondary N) is 1. The summed E-state index contributed by atoms with van der Waals surface area (Å²) in [5, 5.41) is 4.32. The lowest BCUT2D eigenvalue weighted by molar-refractivity contribution is -0.120. The van der Waals surface area contributed by atoms with Gasteiger partial charge in [0.05, 0.1) is 24.3 Å². The van der Waals surface area contributed by atoms with Crippen LogP contribution in [0.1, 0.15) is 11.3 Å². The molecule has 23 heavy (non-hydrogen) atoms. The number of halogens is 3. The van der Waals surface area contributed by atoms with Crippen LogP contribution in [0, 0.1) is 0 Å². The van der Waals surface area contributed by atoms with Crippen LogP contribution in [-0.2, 0) is 17.6 Å². The molecular formula is C16H12Cl3N3O. The average molecular weight is 369 g/mol. The van der Waals surface area contributed by atoms with Crippen LogP contribution in [0.2, 0.25) is 15.2 Å². The first-order chi connectivity index (χ1) is 11.0. The number of pyridine rings is 1. The van der Waals surface area contributed by atoms with Gasteiger partial charge < -0.3 is 5.32 Å². The first-order valence-corrected chi connectivity index (χ1v) is 8.07. The van der Waals surface area contributed by atoms with Crippen LogP contribution >= 0.6 is 34.8 Å². The van der Waals surface area contributed by atoms with Gasteiger partial charge in [-0.2, -0.15) is 0 Å². The third-order valence-electron chi connectivity index (χ3n) is 3.42. The summed E-state index contributed by atoms with van der Waals surface area (Å²) in [5.74, 6) is -0.126. The van der Waals surface area contributed by atoms with Gasteiger partial charge in [-0.25, -0.2) is 4.98 Å². The smallest absolute Gasteiger partial charge is 0.224 e. The minimum Gasteiger partial charge on any atom is -0.350 e. The highest BCUT2D eigenvalue weighted by Gasteiger charge is 2.17. The summed E-state index contributed by atoms with van der Waals surface area (Å²) in [6.07, 6.45) is 0.790. The molecule has 1 aliphatic rings. The summed E-state index contributed by atoms with van der Waals surface area (Å²) in [7, 11) is 0. The molecule has 1 aromatic heterocycles. The molecule has 3 rings (SSSR count). The quantitative estimate of drug-likeness (QED) is 0.828. The van der Waals surface area contributed by atoms with Gasteiger partial charge in [0.2, 0.25) is 5.91 Å². The second kappa shape index (κ2) is 6.87. The second-order valence-electron chi connectivity index (χ2n) is 5.14. The zero-order valence-corrected chi connectivity index (χ0v) is 14.2. The van der Waals surface area contributed by atoms with Crippen molar-refractivity contribution in [3.8, 4) is 0 Å². The minimum atomic E-state index is -0.126. The lowest BCUT2D eigenvalue weighted by Gasteiger charge is -2.07. The van der Waals surface area contributed by atoms with E-state index in [1.54, 1.807) is 24.3 Å². The van der Waals surface area contributed by atoms with Gasteiger partial charge in [-0.1, -0.05) is 40.9 Å². The molecule has 0 fully saturated rings. The van der Waals surface area contributed by atoms with Crippen LogP contribution in [-0.4, -0.2) is 23.1 Å². The van der Waals surface area contributed by atoms with Gasteiger partial charge in [-0.15, -0.1) is 0 Å². The molecule has 1 amide bonds. The first-order valence-electron chi connectivity index (χ1n) is 6.94. The van der Waals surface area contributed by atoms with E-state index in [1.165, 1.54) is 0 Å². The molecule has 1 aliphatic heterocycles. The van der Waals surface area contributed by atoms with E-state index in [0.29, 0.717) is 28.2 Å². The number of benzene rings is 1. The maximum Gasteiger partial charge on any atom is 0.224 e. The molecule has 118 valence electrons. The zero-order chi connectivity index (χ0) is 16.4. The molecule has 4 nitrogen and oxygen atoms in total. The SMILES string of the molecule is O=C(Cc1ccc(Cl)cc1Cl)NCC1=Nc2ccc(Cl)nc2C1. The Hall–Kier alpha value is -1.62. The van der Waals surface area contributed by atoms with Crippen molar-refractivity contribution in [1.82, 2.24) is 10.3 Å². The largest absolute Gasteiger partial charge is 0.350 e. The predicted molar refractivity (Wildman–Crippen MR) is 93.2 cm³/mol. The Morgan fingerprint density at radius 3 is 2.78 bits per heavy atom. The fourth-order valence-electron chi connectivity index (χ4n) is 2.31. The van der Waals surface area contributed by atoms with E-state index in [9.17, 15) is 4.79 Å². The van der Waals surface area contributed by atoms with E-state index in [1.807, 2.05) is 6.07 Å². The van der Waals surface area contributed by atoms with Crippen LogP contribution in [0.3, 0.4) is 0 Å². The number of carbonyl (C=O) groups is 1. The van der Waals surface area contributed by atoms with Crippen molar-refractivity contribution in [2.75, 3.05) is 6.54 Å². The van der Waals surface area contributed by atoms with E-state index < -0.39 is 0 Å². The summed E-state index contributed by atoms with van der Waals surface area (Å²) in [4.78, 5) is 20.7. The monoisotopic (exact) mass is 367 g/mol. The number of amides is 1. The van der Waals surface area contributed by atoms with Crippen molar-refractivity contribution in [2.24, 2.45) is 4.99 Å². The maximum atomic E-state index is 12.0. The molecule has 0 atom stereocenters. The number of aromatic nitrogens is 1. The zero-order valence-electron chi connectivity index (χ0n) is 11.9. The van der Waals surface area contributed by atoms with E-state index in [-0.39, 0.29) is 12.3 Å². The van der Waals surface area contributed by atoms with Gasteiger partial charge in [0, 0.05) is 22.2 Å². The summed E-state index contributed by atoms with van der Waals surface area (Å²) >= 11 is 17.8. The molecule has 1 N–H and O–H groups in total. The first kappa shape index (κ1) is 16.2. The second-order valence-corrected chi connectivity index (χ2v) is 6.37. The summed E-state index contributed by atoms with van der Waals surface area (Å²) in [6, 6.07) is 8.61. The fourth-order valence-corrected chi connectivity index (χ4v) is 2.95. The highest BCUT2D eigenvalue weighted by atomic mass is 35.5. The lowest BCUT2D eigenvalue weighted by atomic mass is 10.1. The van der Waals surface area contributed by atoms with Crippen LogP contribution in [0.15, 0.2) is 35.3 Å². The van der Waals surface area contributed by atoms with Crippen molar-refractivity contribution in [3.63, 3.8) is 0 Å². The molecule has 7 heteroatoms. The number of carbonyl (C=O) groups excluding carboxylic acids is 1. The molecule has 0 saturated carbocycles. The summed E-state index contributed by atoms with van der Waals surface area (Å²) in [6.45, 7) is 0.373. The Bertz CT molecular complexity index is 805. The van der Waals surface area contributed by atoms with Crippen molar-refractivity contribution in [3.05, 3.63) is 56.8 Å². The molecule has 2 aromatic rings. The molecule has 0 saturated heterocycles. The normalized spacial score (nSPS) is 12.7. The third-order valence-corrected chi connectivity index (χ3v) is 4.22. The van der Waals surface area contributed by atoms with Crippen molar-refractivity contribution in [2.45, 2.75) is 12.8 Å². The van der Waals surface area contributed by atoms with Crippen molar-refractivity contribution < 1.29 is 4.79 Å². The van der Waals surface area contributed by atoms with Gasteiger partial charge in [0.1, 0.15) is 5.15 Å². The lowest BCUT2D eigenvalue weighted by Crippen LogP contribution is -2.30. The topological polar surface area (TPSA) is 54.4 Å². The molecular weight excluding hydrogens is 357 g/mol. The molecule has 1 aromatic carbocycles. The average Bonchev–Trinajstić information content (AvgIpc) is 2.90. The molecule has 0 radical (unpaired) electrons. The van der Waals surface area contributed by atoms with Crippen molar-refractivity contribution >= 4 is 52.1 Å². The number of rotatable bonds is 4. The Morgan fingerprint density at radius 1 is 1.17 bits per heavy atom. The third kappa shape index (κ3) is 4.02. The highest BCUT2D eigenvalue weighted by Crippen LogP contribution is 2.26. The maximum absolute atomic E-state index is 12.0. The summed E-state index contributed by atoms with van der Waals surface area (Å²) < 4.78 is 0. The van der Waals surface area contributed by atoms with Crippen LogP contribution in [0.5, 0.6) is 0 Å². The minimum absolute atomic E-state index is 0.126. The molecule has 0 aliphatic carbocycles. The van der Waals surface area contributed by atoms with Crippen molar-refractivity contribution in [1.29, 1.82) is 0 Å². The Balaban J connectivity index is 1.56. The Labute approximate surface area is 148 Å². The molecule has 0 bridgehead atoms. The van der Waals surface area contributed by atoms with E-state index in [4.69, 9.17) is 34.8 Å². The summed E-state index contributed by atoms with van der Waals surface area (Å²) in [5.41, 5.74) is 3.23. The number of hydrogen-bond donors (Lipinski definition) is 1. The number of hydrogen-bond acceptors (Lipinski definition) is 3. The Kier molecular flexibility index (Phi) is 4.85. The predicted octanol–water partition coefficient (Wildman–Crippen LogP) is 4.03. The standard InChI is InChI=1S/C16H12Cl3N3O/c17-10-2-1-9(12(18)6-10)5-16(23)20-8-11-7-14-13(21-11)3-4-15(19)22-14/h1-4,6H,5,7-8H2,(H,20,23). The molecule has 0 unspecified atom stereocenters.